The molecule has 1 N–H and O–H groups in total. The molecule has 10 nitrogen and oxygen atoms in total. The lowest BCUT2D eigenvalue weighted by atomic mass is 9.94. The minimum Gasteiger partial charge on any atom is -0.507 e. The van der Waals surface area contributed by atoms with Gasteiger partial charge in [0, 0.05) is 23.8 Å². The van der Waals surface area contributed by atoms with Crippen molar-refractivity contribution in [1.29, 1.82) is 0 Å². The number of aliphatic hydroxyl groups excluding tert-OH is 1. The number of nitro benzene ring substituents is 1. The number of carbonyl (C=O) groups excluding carboxylic acids is 2. The van der Waals surface area contributed by atoms with Crippen molar-refractivity contribution >= 4 is 29.0 Å². The molecule has 1 atom stereocenters. The molecule has 1 aliphatic rings. The Kier molecular flexibility index (Phi) is 5.42. The van der Waals surface area contributed by atoms with Crippen molar-refractivity contribution < 1.29 is 28.9 Å². The number of ketones is 1. The Bertz CT molecular complexity index is 1310. The van der Waals surface area contributed by atoms with E-state index in [-0.39, 0.29) is 22.8 Å². The fraction of sp³-hybridized carbons (Fsp3) is 0.174. The van der Waals surface area contributed by atoms with Crippen LogP contribution < -0.4 is 9.64 Å². The number of aromatic nitrogens is 1. The smallest absolute Gasteiger partial charge is 0.301 e. The summed E-state index contributed by atoms with van der Waals surface area (Å²) < 4.78 is 10.3. The molecule has 4 rings (SSSR count). The second-order valence-corrected chi connectivity index (χ2v) is 7.50. The lowest BCUT2D eigenvalue weighted by Crippen LogP contribution is -2.29. The van der Waals surface area contributed by atoms with Gasteiger partial charge in [0.15, 0.2) is 5.82 Å². The van der Waals surface area contributed by atoms with Crippen molar-refractivity contribution in [2.45, 2.75) is 19.9 Å². The van der Waals surface area contributed by atoms with Gasteiger partial charge in [0.05, 0.1) is 23.6 Å². The van der Waals surface area contributed by atoms with Crippen molar-refractivity contribution in [3.63, 3.8) is 0 Å². The van der Waals surface area contributed by atoms with Gasteiger partial charge in [0.25, 0.3) is 11.5 Å². The quantitative estimate of drug-likeness (QED) is 0.204. The summed E-state index contributed by atoms with van der Waals surface area (Å²) in [5.41, 5.74) is 1.09. The van der Waals surface area contributed by atoms with Crippen LogP contribution in [0.25, 0.3) is 5.76 Å². The highest BCUT2D eigenvalue weighted by Gasteiger charge is 2.48. The molecular formula is C23H19N3O7. The SMILES string of the molecule is COc1ccc(C(O)=C2C(=O)C(=O)N(c3cc(C)on3)C2c2ccc([N+](=O)[O-])cc2)cc1C. The topological polar surface area (TPSA) is 136 Å². The molecule has 1 fully saturated rings. The number of aryl methyl sites for hydroxylation is 2. The van der Waals surface area contributed by atoms with E-state index in [0.717, 1.165) is 10.5 Å². The fourth-order valence-electron chi connectivity index (χ4n) is 3.81. The highest BCUT2D eigenvalue weighted by molar-refractivity contribution is 6.51. The van der Waals surface area contributed by atoms with E-state index in [9.17, 15) is 24.8 Å². The number of ether oxygens (including phenoxy) is 1. The molecule has 1 amide bonds. The van der Waals surface area contributed by atoms with Crippen LogP contribution in [0.2, 0.25) is 0 Å². The van der Waals surface area contributed by atoms with Crippen LogP contribution in [0.15, 0.2) is 58.6 Å². The molecule has 0 saturated carbocycles. The van der Waals surface area contributed by atoms with E-state index in [1.165, 1.54) is 37.4 Å². The summed E-state index contributed by atoms with van der Waals surface area (Å²) in [6.45, 7) is 3.41. The molecule has 2 heterocycles. The van der Waals surface area contributed by atoms with E-state index < -0.39 is 22.7 Å². The third-order valence-corrected chi connectivity index (χ3v) is 5.39. The Morgan fingerprint density at radius 3 is 2.39 bits per heavy atom. The average Bonchev–Trinajstić information content (AvgIpc) is 3.34. The molecule has 33 heavy (non-hydrogen) atoms. The van der Waals surface area contributed by atoms with Crippen LogP contribution in [0, 0.1) is 24.0 Å². The zero-order chi connectivity index (χ0) is 23.9. The van der Waals surface area contributed by atoms with Crippen molar-refractivity contribution in [3.05, 3.63) is 86.7 Å². The van der Waals surface area contributed by atoms with Crippen molar-refractivity contribution in [3.8, 4) is 5.75 Å². The number of hydrogen-bond donors (Lipinski definition) is 1. The summed E-state index contributed by atoms with van der Waals surface area (Å²) in [5, 5.41) is 26.1. The molecule has 0 bridgehead atoms. The Morgan fingerprint density at radius 2 is 1.85 bits per heavy atom. The average molecular weight is 449 g/mol. The number of methoxy groups -OCH3 is 1. The van der Waals surface area contributed by atoms with Gasteiger partial charge in [-0.2, -0.15) is 0 Å². The third-order valence-electron chi connectivity index (χ3n) is 5.39. The van der Waals surface area contributed by atoms with Gasteiger partial charge in [-0.15, -0.1) is 0 Å². The number of anilines is 1. The van der Waals surface area contributed by atoms with E-state index in [1.807, 2.05) is 0 Å². The lowest BCUT2D eigenvalue weighted by molar-refractivity contribution is -0.384. The first-order valence-electron chi connectivity index (χ1n) is 9.86. The zero-order valence-corrected chi connectivity index (χ0v) is 17.9. The number of aliphatic hydroxyl groups is 1. The summed E-state index contributed by atoms with van der Waals surface area (Å²) in [5.74, 6) is -1.10. The maximum absolute atomic E-state index is 13.1. The summed E-state index contributed by atoms with van der Waals surface area (Å²) >= 11 is 0. The summed E-state index contributed by atoms with van der Waals surface area (Å²) in [6.07, 6.45) is 0. The number of Topliss-reactive ketones (excluding diaryl/α,β-unsaturated/α-hetero) is 1. The molecule has 3 aromatic rings. The highest BCUT2D eigenvalue weighted by atomic mass is 16.6. The number of rotatable bonds is 5. The van der Waals surface area contributed by atoms with Crippen LogP contribution in [0.4, 0.5) is 11.5 Å². The van der Waals surface area contributed by atoms with Gasteiger partial charge >= 0.3 is 5.91 Å². The van der Waals surface area contributed by atoms with E-state index in [1.54, 1.807) is 32.0 Å². The number of benzene rings is 2. The predicted octanol–water partition coefficient (Wildman–Crippen LogP) is 3.83. The second-order valence-electron chi connectivity index (χ2n) is 7.50. The summed E-state index contributed by atoms with van der Waals surface area (Å²) in [4.78, 5) is 37.7. The monoisotopic (exact) mass is 449 g/mol. The van der Waals surface area contributed by atoms with Gasteiger partial charge in [-0.3, -0.25) is 24.6 Å². The fourth-order valence-corrected chi connectivity index (χ4v) is 3.81. The molecule has 1 unspecified atom stereocenters. The molecular weight excluding hydrogens is 430 g/mol. The van der Waals surface area contributed by atoms with Crippen molar-refractivity contribution in [2.24, 2.45) is 0 Å². The van der Waals surface area contributed by atoms with Gasteiger partial charge in [-0.25, -0.2) is 0 Å². The number of amides is 1. The number of hydrogen-bond acceptors (Lipinski definition) is 8. The molecule has 168 valence electrons. The third kappa shape index (κ3) is 3.71. The molecule has 0 spiro atoms. The first-order valence-corrected chi connectivity index (χ1v) is 9.86. The van der Waals surface area contributed by atoms with Gasteiger partial charge < -0.3 is 14.4 Å². The predicted molar refractivity (Wildman–Crippen MR) is 117 cm³/mol. The molecule has 0 aliphatic carbocycles. The minimum atomic E-state index is -1.07. The van der Waals surface area contributed by atoms with Crippen LogP contribution in [-0.2, 0) is 9.59 Å². The van der Waals surface area contributed by atoms with Crippen LogP contribution in [0.1, 0.15) is 28.5 Å². The first kappa shape index (κ1) is 21.8. The van der Waals surface area contributed by atoms with Crippen molar-refractivity contribution in [2.75, 3.05) is 12.0 Å². The zero-order valence-electron chi connectivity index (χ0n) is 17.9. The minimum absolute atomic E-state index is 0.0860. The Balaban J connectivity index is 1.92. The summed E-state index contributed by atoms with van der Waals surface area (Å²) in [6, 6.07) is 10.7. The Morgan fingerprint density at radius 1 is 1.15 bits per heavy atom. The molecule has 10 heteroatoms. The van der Waals surface area contributed by atoms with E-state index >= 15 is 0 Å². The van der Waals surface area contributed by atoms with Gasteiger partial charge in [0.1, 0.15) is 17.3 Å². The van der Waals surface area contributed by atoms with Crippen LogP contribution >= 0.6 is 0 Å². The number of carbonyl (C=O) groups is 2. The molecule has 1 aromatic heterocycles. The Labute approximate surface area is 187 Å². The van der Waals surface area contributed by atoms with Gasteiger partial charge in [-0.1, -0.05) is 5.16 Å². The second kappa shape index (κ2) is 8.23. The number of nitrogens with zero attached hydrogens (tertiary/aromatic N) is 3. The van der Waals surface area contributed by atoms with E-state index in [2.05, 4.69) is 5.16 Å². The molecule has 0 radical (unpaired) electrons. The number of nitro groups is 1. The normalized spacial score (nSPS) is 17.4. The summed E-state index contributed by atoms with van der Waals surface area (Å²) in [7, 11) is 1.52. The van der Waals surface area contributed by atoms with Crippen LogP contribution in [-0.4, -0.2) is 34.0 Å². The van der Waals surface area contributed by atoms with Gasteiger partial charge in [-0.05, 0) is 55.3 Å². The standard InChI is InChI=1S/C23H19N3O7/c1-12-10-15(6-9-17(12)32-3)21(27)19-20(14-4-7-16(8-5-14)26(30)31)25(23(29)22(19)28)18-11-13(2)33-24-18/h4-11,20,27H,1-3H3. The largest absolute Gasteiger partial charge is 0.507 e. The molecule has 1 aliphatic heterocycles. The lowest BCUT2D eigenvalue weighted by Gasteiger charge is -2.22. The van der Waals surface area contributed by atoms with Gasteiger partial charge in [0.2, 0.25) is 0 Å². The molecule has 2 aromatic carbocycles. The maximum Gasteiger partial charge on any atom is 0.301 e. The van der Waals surface area contributed by atoms with Crippen LogP contribution in [0.3, 0.4) is 0 Å². The molecule has 1 saturated heterocycles. The number of non-ortho nitro benzene ring substituents is 1. The highest BCUT2D eigenvalue weighted by Crippen LogP contribution is 2.42. The maximum atomic E-state index is 13.1. The Hall–Kier alpha value is -4.47. The van der Waals surface area contributed by atoms with Crippen LogP contribution in [0.5, 0.6) is 5.75 Å². The van der Waals surface area contributed by atoms with Crippen molar-refractivity contribution in [1.82, 2.24) is 5.16 Å². The van der Waals surface area contributed by atoms with E-state index in [4.69, 9.17) is 9.26 Å². The van der Waals surface area contributed by atoms with E-state index in [0.29, 0.717) is 22.6 Å². The first-order chi connectivity index (χ1) is 15.7.